The highest BCUT2D eigenvalue weighted by Crippen LogP contribution is 2.45. The zero-order valence-corrected chi connectivity index (χ0v) is 63.2. The molecule has 17 nitrogen and oxygen atoms in total. The van der Waals surface area contributed by atoms with Crippen LogP contribution in [0.2, 0.25) is 0 Å². The number of aliphatic hydroxyl groups is 1. The Morgan fingerprint density at radius 3 is 0.809 bits per heavy atom. The van der Waals surface area contributed by atoms with Gasteiger partial charge in [0, 0.05) is 25.7 Å². The van der Waals surface area contributed by atoms with E-state index in [1.807, 2.05) is 0 Å². The van der Waals surface area contributed by atoms with Crippen LogP contribution in [0.15, 0.2) is 0 Å². The Morgan fingerprint density at radius 1 is 0.309 bits per heavy atom. The van der Waals surface area contributed by atoms with Gasteiger partial charge in [-0.15, -0.1) is 0 Å². The van der Waals surface area contributed by atoms with Crippen molar-refractivity contribution in [3.8, 4) is 0 Å². The van der Waals surface area contributed by atoms with Gasteiger partial charge in [0.25, 0.3) is 0 Å². The second kappa shape index (κ2) is 65.7. The van der Waals surface area contributed by atoms with Crippen LogP contribution in [0, 0.1) is 17.8 Å². The molecule has 3 N–H and O–H groups in total. The van der Waals surface area contributed by atoms with Crippen LogP contribution in [-0.4, -0.2) is 96.7 Å². The lowest BCUT2D eigenvalue weighted by Gasteiger charge is -2.21. The topological polar surface area (TPSA) is 237 Å². The second-order valence-electron chi connectivity index (χ2n) is 28.2. The molecule has 0 saturated heterocycles. The van der Waals surface area contributed by atoms with Gasteiger partial charge in [-0.25, -0.2) is 9.13 Å². The molecule has 0 rings (SSSR count). The number of phosphoric ester groups is 2. The molecule has 0 fully saturated rings. The number of carbonyl (C=O) groups is 4. The normalized spacial score (nSPS) is 14.4. The van der Waals surface area contributed by atoms with Gasteiger partial charge in [0.1, 0.15) is 19.3 Å². The van der Waals surface area contributed by atoms with Gasteiger partial charge in [-0.1, -0.05) is 331 Å². The predicted octanol–water partition coefficient (Wildman–Crippen LogP) is 21.8. The lowest BCUT2D eigenvalue weighted by molar-refractivity contribution is -0.161. The van der Waals surface area contributed by atoms with Crippen LogP contribution in [0.3, 0.4) is 0 Å². The first kappa shape index (κ1) is 92.1. The van der Waals surface area contributed by atoms with Crippen molar-refractivity contribution < 1.29 is 80.2 Å². The Labute approximate surface area is 575 Å². The Bertz CT molecular complexity index is 1840. The molecule has 0 aliphatic heterocycles. The summed E-state index contributed by atoms with van der Waals surface area (Å²) in [7, 11) is -9.91. The van der Waals surface area contributed by atoms with Crippen molar-refractivity contribution in [1.29, 1.82) is 0 Å². The quantitative estimate of drug-likeness (QED) is 0.0222. The molecule has 0 aromatic rings. The third-order valence-corrected chi connectivity index (χ3v) is 19.6. The molecule has 94 heavy (non-hydrogen) atoms. The maximum absolute atomic E-state index is 13.1. The van der Waals surface area contributed by atoms with E-state index >= 15 is 0 Å². The Balaban J connectivity index is 5.16. The van der Waals surface area contributed by atoms with Crippen LogP contribution >= 0.6 is 15.6 Å². The van der Waals surface area contributed by atoms with Gasteiger partial charge in [0.05, 0.1) is 26.4 Å². The summed E-state index contributed by atoms with van der Waals surface area (Å²) in [5.41, 5.74) is 0. The number of carbonyl (C=O) groups excluding carboxylic acids is 4. The smallest absolute Gasteiger partial charge is 0.462 e. The van der Waals surface area contributed by atoms with Gasteiger partial charge in [-0.2, -0.15) is 0 Å². The van der Waals surface area contributed by atoms with Gasteiger partial charge in [-0.05, 0) is 43.4 Å². The highest BCUT2D eigenvalue weighted by Gasteiger charge is 2.30. The summed E-state index contributed by atoms with van der Waals surface area (Å²) in [6, 6.07) is 0. The number of aliphatic hydroxyl groups excluding tert-OH is 1. The van der Waals surface area contributed by atoms with Crippen molar-refractivity contribution in [3.63, 3.8) is 0 Å². The number of esters is 4. The molecule has 0 saturated carbocycles. The van der Waals surface area contributed by atoms with Gasteiger partial charge in [-0.3, -0.25) is 37.3 Å². The van der Waals surface area contributed by atoms with E-state index in [2.05, 4.69) is 48.5 Å². The van der Waals surface area contributed by atoms with Gasteiger partial charge >= 0.3 is 39.5 Å². The fraction of sp³-hybridized carbons (Fsp3) is 0.947. The predicted molar refractivity (Wildman–Crippen MR) is 381 cm³/mol. The summed E-state index contributed by atoms with van der Waals surface area (Å²) < 4.78 is 68.4. The minimum atomic E-state index is -4.96. The van der Waals surface area contributed by atoms with E-state index in [1.54, 1.807) is 0 Å². The van der Waals surface area contributed by atoms with Crippen LogP contribution in [-0.2, 0) is 65.4 Å². The standard InChI is InChI=1S/C75H146O17P2/c1-8-10-11-12-13-14-28-35-42-49-56-72(77)85-63-71(92-75(80)59-52-45-38-31-33-40-47-54-67(5)6)65-90-94(83,84)88-61-69(76)60-87-93(81,82)89-64-70(62-86-73(78)57-50-43-36-30-25-26-32-39-46-53-66(3)4)91-74(79)58-51-44-37-29-24-22-20-18-16-15-17-19-21-23-27-34-41-48-55-68(7)9-2/h66-71,76H,8-65H2,1-7H3,(H,81,82)(H,83,84)/t68?,69-,70-,71-/m1/s1. The number of rotatable bonds is 73. The van der Waals surface area contributed by atoms with Crippen LogP contribution in [0.4, 0.5) is 0 Å². The zero-order chi connectivity index (χ0) is 69.4. The monoisotopic (exact) mass is 1380 g/mol. The fourth-order valence-corrected chi connectivity index (χ4v) is 13.0. The summed E-state index contributed by atoms with van der Waals surface area (Å²) in [5.74, 6) is 0.187. The van der Waals surface area contributed by atoms with Crippen molar-refractivity contribution in [2.75, 3.05) is 39.6 Å². The van der Waals surface area contributed by atoms with Crippen molar-refractivity contribution in [2.24, 2.45) is 17.8 Å². The maximum atomic E-state index is 13.1. The van der Waals surface area contributed by atoms with E-state index in [1.165, 1.54) is 193 Å². The molecule has 6 atom stereocenters. The lowest BCUT2D eigenvalue weighted by atomic mass is 9.99. The summed E-state index contributed by atoms with van der Waals surface area (Å²) >= 11 is 0. The Morgan fingerprint density at radius 2 is 0.543 bits per heavy atom. The molecule has 0 bridgehead atoms. The molecule has 0 aliphatic carbocycles. The van der Waals surface area contributed by atoms with Crippen molar-refractivity contribution in [3.05, 3.63) is 0 Å². The van der Waals surface area contributed by atoms with Crippen molar-refractivity contribution >= 4 is 39.5 Å². The Hall–Kier alpha value is -1.94. The molecule has 3 unspecified atom stereocenters. The molecule has 0 spiro atoms. The summed E-state index contributed by atoms with van der Waals surface area (Å²) in [6.07, 6.45) is 51.5. The average molecular weight is 1380 g/mol. The number of hydrogen-bond donors (Lipinski definition) is 3. The highest BCUT2D eigenvalue weighted by atomic mass is 31.2. The summed E-state index contributed by atoms with van der Waals surface area (Å²) in [5, 5.41) is 10.6. The van der Waals surface area contributed by atoms with Gasteiger partial charge in [0.15, 0.2) is 12.2 Å². The van der Waals surface area contributed by atoms with E-state index in [0.29, 0.717) is 31.6 Å². The van der Waals surface area contributed by atoms with Crippen molar-refractivity contribution in [2.45, 2.75) is 401 Å². The summed E-state index contributed by atoms with van der Waals surface area (Å²) in [4.78, 5) is 72.6. The van der Waals surface area contributed by atoms with Crippen LogP contribution in [0.5, 0.6) is 0 Å². The molecular weight excluding hydrogens is 1230 g/mol. The molecule has 19 heteroatoms. The minimum Gasteiger partial charge on any atom is -0.462 e. The minimum absolute atomic E-state index is 0.103. The molecule has 0 aliphatic rings. The Kier molecular flexibility index (Phi) is 64.3. The van der Waals surface area contributed by atoms with Crippen LogP contribution in [0.25, 0.3) is 0 Å². The molecular formula is C75H146O17P2. The maximum Gasteiger partial charge on any atom is 0.472 e. The van der Waals surface area contributed by atoms with E-state index < -0.39 is 97.5 Å². The van der Waals surface area contributed by atoms with Gasteiger partial charge in [0.2, 0.25) is 0 Å². The number of hydrogen-bond acceptors (Lipinski definition) is 15. The van der Waals surface area contributed by atoms with Crippen LogP contribution in [0.1, 0.15) is 382 Å². The molecule has 0 aromatic heterocycles. The molecule has 0 heterocycles. The highest BCUT2D eigenvalue weighted by molar-refractivity contribution is 7.47. The first-order chi connectivity index (χ1) is 45.3. The van der Waals surface area contributed by atoms with E-state index in [-0.39, 0.29) is 25.7 Å². The van der Waals surface area contributed by atoms with Crippen LogP contribution < -0.4 is 0 Å². The number of phosphoric acid groups is 2. The molecule has 0 aromatic carbocycles. The SMILES string of the molecule is CCCCCCCCCCCCC(=O)OC[C@H](COP(=O)(O)OC[C@H](O)COP(=O)(O)OC[C@@H](COC(=O)CCCCCCCCCCCC(C)C)OC(=O)CCCCCCCCCCCCCCCCCCCCC(C)CC)OC(=O)CCCCCCCCCC(C)C. The molecule has 0 radical (unpaired) electrons. The first-order valence-corrected chi connectivity index (χ1v) is 41.9. The fourth-order valence-electron chi connectivity index (χ4n) is 11.4. The summed E-state index contributed by atoms with van der Waals surface area (Å²) in [6.45, 7) is 11.9. The molecule has 558 valence electrons. The lowest BCUT2D eigenvalue weighted by Crippen LogP contribution is -2.30. The second-order valence-corrected chi connectivity index (χ2v) is 31.1. The largest absolute Gasteiger partial charge is 0.472 e. The van der Waals surface area contributed by atoms with E-state index in [4.69, 9.17) is 37.0 Å². The number of ether oxygens (including phenoxy) is 4. The van der Waals surface area contributed by atoms with E-state index in [0.717, 1.165) is 102 Å². The first-order valence-electron chi connectivity index (χ1n) is 38.9. The molecule has 0 amide bonds. The third kappa shape index (κ3) is 67.3. The van der Waals surface area contributed by atoms with Gasteiger partial charge < -0.3 is 33.8 Å². The van der Waals surface area contributed by atoms with E-state index in [9.17, 15) is 43.2 Å². The average Bonchev–Trinajstić information content (AvgIpc) is 1.12. The third-order valence-electron chi connectivity index (χ3n) is 17.7. The zero-order valence-electron chi connectivity index (χ0n) is 61.4. The van der Waals surface area contributed by atoms with Crippen molar-refractivity contribution in [1.82, 2.24) is 0 Å². The number of unbranched alkanes of at least 4 members (excludes halogenated alkanes) is 40.